The third-order valence-electron chi connectivity index (χ3n) is 6.85. The number of hydrogen-bond acceptors (Lipinski definition) is 7. The van der Waals surface area contributed by atoms with Crippen molar-refractivity contribution in [2.75, 3.05) is 12.4 Å². The van der Waals surface area contributed by atoms with Crippen LogP contribution < -0.4 is 20.1 Å². The molecule has 10 nitrogen and oxygen atoms in total. The second-order valence-corrected chi connectivity index (χ2v) is 9.48. The van der Waals surface area contributed by atoms with Crippen LogP contribution in [0.25, 0.3) is 0 Å². The van der Waals surface area contributed by atoms with Gasteiger partial charge in [0.15, 0.2) is 5.82 Å². The number of amides is 4. The summed E-state index contributed by atoms with van der Waals surface area (Å²) in [6.45, 7) is -0.188. The maximum Gasteiger partial charge on any atom is 0.412 e. The molecular weight excluding hydrogens is 559 g/mol. The lowest BCUT2D eigenvalue weighted by Gasteiger charge is -2.29. The molecule has 1 atom stereocenters. The van der Waals surface area contributed by atoms with Crippen LogP contribution in [-0.2, 0) is 27.5 Å². The Bertz CT molecular complexity index is 1580. The minimum Gasteiger partial charge on any atom is -0.495 e. The normalized spacial score (nSPS) is 16.3. The molecule has 2 aliphatic rings. The van der Waals surface area contributed by atoms with Crippen LogP contribution in [0.15, 0.2) is 54.6 Å². The van der Waals surface area contributed by atoms with E-state index in [4.69, 9.17) is 14.2 Å². The molecular formula is C29H24F3N3O7. The van der Waals surface area contributed by atoms with Crippen LogP contribution in [0.1, 0.15) is 46.3 Å². The average Bonchev–Trinajstić information content (AvgIpc) is 3.29. The summed E-state index contributed by atoms with van der Waals surface area (Å²) in [6, 6.07) is 11.3. The van der Waals surface area contributed by atoms with E-state index in [9.17, 15) is 32.3 Å². The van der Waals surface area contributed by atoms with Crippen molar-refractivity contribution < 1.29 is 46.6 Å². The topological polar surface area (TPSA) is 123 Å². The number of piperidine rings is 1. The van der Waals surface area contributed by atoms with Gasteiger partial charge in [0.2, 0.25) is 11.8 Å². The van der Waals surface area contributed by atoms with Crippen molar-refractivity contribution in [3.63, 3.8) is 0 Å². The van der Waals surface area contributed by atoms with Crippen molar-refractivity contribution in [1.29, 1.82) is 0 Å². The smallest absolute Gasteiger partial charge is 0.412 e. The molecule has 2 heterocycles. The molecule has 1 unspecified atom stereocenters. The van der Waals surface area contributed by atoms with E-state index < -0.39 is 42.1 Å². The first kappa shape index (κ1) is 28.5. The molecule has 0 spiro atoms. The first-order valence-electron chi connectivity index (χ1n) is 12.8. The van der Waals surface area contributed by atoms with E-state index in [1.54, 1.807) is 12.1 Å². The fourth-order valence-corrected chi connectivity index (χ4v) is 4.84. The average molecular weight is 584 g/mol. The van der Waals surface area contributed by atoms with E-state index in [1.165, 1.54) is 48.4 Å². The molecule has 5 rings (SSSR count). The highest BCUT2D eigenvalue weighted by Crippen LogP contribution is 2.37. The lowest BCUT2D eigenvalue weighted by atomic mass is 10.0. The van der Waals surface area contributed by atoms with Crippen molar-refractivity contribution in [2.45, 2.75) is 38.5 Å². The third-order valence-corrected chi connectivity index (χ3v) is 6.85. The van der Waals surface area contributed by atoms with Crippen molar-refractivity contribution in [1.82, 2.24) is 10.2 Å². The molecule has 3 aromatic carbocycles. The van der Waals surface area contributed by atoms with Gasteiger partial charge in [0.25, 0.3) is 12.3 Å². The van der Waals surface area contributed by atoms with E-state index in [-0.39, 0.29) is 60.1 Å². The maximum atomic E-state index is 14.7. The summed E-state index contributed by atoms with van der Waals surface area (Å²) >= 11 is 0. The summed E-state index contributed by atoms with van der Waals surface area (Å²) in [6.07, 6.45) is -3.47. The van der Waals surface area contributed by atoms with Gasteiger partial charge in [-0.25, -0.2) is 18.0 Å². The zero-order valence-electron chi connectivity index (χ0n) is 22.1. The Kier molecular flexibility index (Phi) is 8.00. The fraction of sp³-hybridized carbons (Fsp3) is 0.241. The zero-order chi connectivity index (χ0) is 30.0. The van der Waals surface area contributed by atoms with Crippen molar-refractivity contribution >= 4 is 29.5 Å². The van der Waals surface area contributed by atoms with Crippen LogP contribution in [0.3, 0.4) is 0 Å². The molecule has 218 valence electrons. The number of benzene rings is 3. The Morgan fingerprint density at radius 1 is 1.12 bits per heavy atom. The number of carbonyl (C=O) groups is 4. The highest BCUT2D eigenvalue weighted by molar-refractivity contribution is 6.06. The Morgan fingerprint density at radius 2 is 1.90 bits per heavy atom. The number of halogens is 3. The zero-order valence-corrected chi connectivity index (χ0v) is 22.1. The number of fused-ring (bicyclic) bond motifs is 1. The van der Waals surface area contributed by atoms with Crippen LogP contribution >= 0.6 is 0 Å². The number of nitrogens with one attached hydrogen (secondary N) is 2. The molecule has 42 heavy (non-hydrogen) atoms. The van der Waals surface area contributed by atoms with Gasteiger partial charge >= 0.3 is 6.09 Å². The molecule has 2 N–H and O–H groups in total. The number of methoxy groups -OCH3 is 1. The Morgan fingerprint density at radius 3 is 2.62 bits per heavy atom. The number of alkyl halides is 2. The molecule has 1 fully saturated rings. The van der Waals surface area contributed by atoms with E-state index in [0.29, 0.717) is 11.1 Å². The molecule has 0 saturated carbocycles. The highest BCUT2D eigenvalue weighted by atomic mass is 19.3. The number of imide groups is 1. The lowest BCUT2D eigenvalue weighted by molar-refractivity contribution is -0.136. The van der Waals surface area contributed by atoms with E-state index in [1.807, 2.05) is 0 Å². The number of anilines is 1. The van der Waals surface area contributed by atoms with Crippen molar-refractivity contribution in [3.8, 4) is 17.2 Å². The number of carbonyl (C=O) groups excluding carboxylic acids is 4. The quantitative estimate of drug-likeness (QED) is 0.355. The first-order valence-corrected chi connectivity index (χ1v) is 12.8. The molecule has 0 radical (unpaired) electrons. The van der Waals surface area contributed by atoms with E-state index >= 15 is 0 Å². The first-order chi connectivity index (χ1) is 20.2. The van der Waals surface area contributed by atoms with Gasteiger partial charge in [-0.05, 0) is 36.2 Å². The van der Waals surface area contributed by atoms with Crippen LogP contribution in [0, 0.1) is 5.82 Å². The Balaban J connectivity index is 1.23. The summed E-state index contributed by atoms with van der Waals surface area (Å²) in [7, 11) is 1.35. The van der Waals surface area contributed by atoms with Gasteiger partial charge in [0.05, 0.1) is 23.9 Å². The van der Waals surface area contributed by atoms with Gasteiger partial charge in [-0.1, -0.05) is 24.3 Å². The molecule has 0 bridgehead atoms. The maximum absolute atomic E-state index is 14.7. The monoisotopic (exact) mass is 583 g/mol. The summed E-state index contributed by atoms with van der Waals surface area (Å²) in [4.78, 5) is 50.9. The number of ether oxygens (including phenoxy) is 3. The number of rotatable bonds is 8. The minimum atomic E-state index is -2.78. The Labute approximate surface area is 237 Å². The van der Waals surface area contributed by atoms with Crippen LogP contribution in [0.2, 0.25) is 0 Å². The molecule has 4 amide bonds. The standard InChI is InChI=1S/C29H24F3N3O7/c1-40-25-16(7-6-15-13-35(28(38)24(15)25)21-10-11-23(36)34-27(21)37)14-41-29(39)33-20-9-8-17(12-19(20)30)42-22-5-3-2-4-18(22)26(31)32/h2-9,12,21,26H,10-11,13-14H2,1H3,(H,33,39)(H,34,36,37). The van der Waals surface area contributed by atoms with Gasteiger partial charge in [0.1, 0.15) is 29.9 Å². The van der Waals surface area contributed by atoms with E-state index in [0.717, 1.165) is 6.07 Å². The molecule has 1 saturated heterocycles. The summed E-state index contributed by atoms with van der Waals surface area (Å²) < 4.78 is 57.2. The minimum absolute atomic E-state index is 0.0570. The van der Waals surface area contributed by atoms with E-state index in [2.05, 4.69) is 10.6 Å². The number of para-hydroxylation sites is 1. The second-order valence-electron chi connectivity index (χ2n) is 9.48. The summed E-state index contributed by atoms with van der Waals surface area (Å²) in [5, 5.41) is 4.50. The SMILES string of the molecule is COc1c(COC(=O)Nc2ccc(Oc3ccccc3C(F)F)cc2F)ccc2c1C(=O)N(C1CCC(=O)NC1=O)C2. The van der Waals surface area contributed by atoms with Gasteiger partial charge in [0, 0.05) is 24.6 Å². The second kappa shape index (κ2) is 11.8. The van der Waals surface area contributed by atoms with Crippen LogP contribution in [-0.4, -0.2) is 41.9 Å². The van der Waals surface area contributed by atoms with Gasteiger partial charge < -0.3 is 19.1 Å². The number of nitrogens with zero attached hydrogens (tertiary/aromatic N) is 1. The van der Waals surface area contributed by atoms with Crippen LogP contribution in [0.5, 0.6) is 17.2 Å². The van der Waals surface area contributed by atoms with Gasteiger partial charge in [-0.2, -0.15) is 0 Å². The van der Waals surface area contributed by atoms with Gasteiger partial charge in [-0.3, -0.25) is 25.0 Å². The molecule has 0 aromatic heterocycles. The lowest BCUT2D eigenvalue weighted by Crippen LogP contribution is -2.52. The molecule has 13 heteroatoms. The van der Waals surface area contributed by atoms with Crippen molar-refractivity contribution in [2.24, 2.45) is 0 Å². The Hall–Kier alpha value is -5.07. The summed E-state index contributed by atoms with van der Waals surface area (Å²) in [5.74, 6) is -2.31. The predicted molar refractivity (Wildman–Crippen MR) is 141 cm³/mol. The molecule has 3 aromatic rings. The fourth-order valence-electron chi connectivity index (χ4n) is 4.84. The number of hydrogen-bond donors (Lipinski definition) is 2. The highest BCUT2D eigenvalue weighted by Gasteiger charge is 2.41. The van der Waals surface area contributed by atoms with Crippen molar-refractivity contribution in [3.05, 3.63) is 82.7 Å². The largest absolute Gasteiger partial charge is 0.495 e. The van der Waals surface area contributed by atoms with Crippen LogP contribution in [0.4, 0.5) is 23.7 Å². The summed E-state index contributed by atoms with van der Waals surface area (Å²) in [5.41, 5.74) is 0.586. The van der Waals surface area contributed by atoms with Gasteiger partial charge in [-0.15, -0.1) is 0 Å². The third kappa shape index (κ3) is 5.71. The molecule has 0 aliphatic carbocycles. The predicted octanol–water partition coefficient (Wildman–Crippen LogP) is 5.07. The molecule has 2 aliphatic heterocycles.